The van der Waals surface area contributed by atoms with Gasteiger partial charge in [0.05, 0.1) is 0 Å². The van der Waals surface area contributed by atoms with E-state index in [0.717, 1.165) is 31.0 Å². The monoisotopic (exact) mass is 408 g/mol. The van der Waals surface area contributed by atoms with Crippen molar-refractivity contribution in [3.8, 4) is 0 Å². The molecule has 3 heterocycles. The van der Waals surface area contributed by atoms with Crippen LogP contribution in [0, 0.1) is 5.82 Å². The minimum Gasteiger partial charge on any atom is -0.363 e. The lowest BCUT2D eigenvalue weighted by Gasteiger charge is -2.38. The number of anilines is 3. The molecule has 0 bridgehead atoms. The van der Waals surface area contributed by atoms with Crippen LogP contribution < -0.4 is 14.7 Å². The number of hydrogen-bond donors (Lipinski definition) is 0. The molecule has 0 radical (unpaired) electrons. The lowest BCUT2D eigenvalue weighted by atomic mass is 10.0. The van der Waals surface area contributed by atoms with Gasteiger partial charge in [-0.25, -0.2) is 19.3 Å². The molecule has 134 valence electrons. The number of hydrogen-bond acceptors (Lipinski definition) is 6. The molecule has 1 saturated heterocycles. The van der Waals surface area contributed by atoms with Gasteiger partial charge in [-0.1, -0.05) is 0 Å². The average molecular weight is 409 g/mol. The highest BCUT2D eigenvalue weighted by Crippen LogP contribution is 2.26. The van der Waals surface area contributed by atoms with Crippen molar-refractivity contribution in [1.82, 2.24) is 15.0 Å². The number of pyridine rings is 1. The van der Waals surface area contributed by atoms with E-state index in [1.807, 2.05) is 37.0 Å². The Morgan fingerprint density at radius 1 is 1.16 bits per heavy atom. The minimum absolute atomic E-state index is 0.239. The molecule has 0 N–H and O–H groups in total. The molecular weight excluding hydrogens is 387 g/mol. The molecule has 1 fully saturated rings. The third-order valence-corrected chi connectivity index (χ3v) is 4.92. The van der Waals surface area contributed by atoms with Crippen LogP contribution in [-0.4, -0.2) is 55.2 Å². The van der Waals surface area contributed by atoms with Gasteiger partial charge in [0.25, 0.3) is 0 Å². The Balaban J connectivity index is 1.77. The van der Waals surface area contributed by atoms with Crippen LogP contribution in [0.2, 0.25) is 0 Å². The van der Waals surface area contributed by atoms with Gasteiger partial charge in [-0.3, -0.25) is 0 Å². The number of halogens is 2. The van der Waals surface area contributed by atoms with Crippen molar-refractivity contribution in [2.24, 2.45) is 0 Å². The Hall–Kier alpha value is -1.96. The van der Waals surface area contributed by atoms with Gasteiger partial charge in [0, 0.05) is 57.0 Å². The van der Waals surface area contributed by atoms with E-state index in [1.165, 1.54) is 6.07 Å². The lowest BCUT2D eigenvalue weighted by Crippen LogP contribution is -2.47. The molecule has 25 heavy (non-hydrogen) atoms. The van der Waals surface area contributed by atoms with Crippen molar-refractivity contribution >= 4 is 33.4 Å². The van der Waals surface area contributed by atoms with E-state index in [4.69, 9.17) is 0 Å². The van der Waals surface area contributed by atoms with E-state index in [1.54, 1.807) is 12.5 Å². The highest BCUT2D eigenvalue weighted by Gasteiger charge is 2.26. The molecule has 2 aromatic rings. The van der Waals surface area contributed by atoms with E-state index in [-0.39, 0.29) is 11.9 Å². The zero-order chi connectivity index (χ0) is 18.0. The van der Waals surface area contributed by atoms with Crippen molar-refractivity contribution in [3.63, 3.8) is 0 Å². The van der Waals surface area contributed by atoms with Gasteiger partial charge in [0.2, 0.25) is 0 Å². The summed E-state index contributed by atoms with van der Waals surface area (Å²) < 4.78 is 14.9. The fourth-order valence-electron chi connectivity index (χ4n) is 3.06. The standard InChI is InChI=1S/C17H22BrFN6/c1-23(2)15-8-16(22-11-21-15)24(3)13-5-4-6-25(10-13)17-14(19)7-12(18)9-20-17/h7-9,11,13H,4-6,10H2,1-3H3. The first-order valence-electron chi connectivity index (χ1n) is 8.24. The summed E-state index contributed by atoms with van der Waals surface area (Å²) in [7, 11) is 5.94. The van der Waals surface area contributed by atoms with E-state index in [0.29, 0.717) is 16.8 Å². The molecule has 0 saturated carbocycles. The maximum Gasteiger partial charge on any atom is 0.166 e. The molecule has 1 atom stereocenters. The number of aromatic nitrogens is 3. The molecular formula is C17H22BrFN6. The summed E-state index contributed by atoms with van der Waals surface area (Å²) in [4.78, 5) is 19.0. The Morgan fingerprint density at radius 2 is 1.92 bits per heavy atom. The fraction of sp³-hybridized carbons (Fsp3) is 0.471. The van der Waals surface area contributed by atoms with Gasteiger partial charge in [0.15, 0.2) is 11.6 Å². The van der Waals surface area contributed by atoms with Crippen molar-refractivity contribution in [1.29, 1.82) is 0 Å². The predicted molar refractivity (Wildman–Crippen MR) is 102 cm³/mol. The highest BCUT2D eigenvalue weighted by molar-refractivity contribution is 9.10. The van der Waals surface area contributed by atoms with Crippen LogP contribution in [0.1, 0.15) is 12.8 Å². The van der Waals surface area contributed by atoms with Crippen LogP contribution in [0.4, 0.5) is 21.8 Å². The second-order valence-corrected chi connectivity index (χ2v) is 7.36. The second-order valence-electron chi connectivity index (χ2n) is 6.44. The third-order valence-electron chi connectivity index (χ3n) is 4.49. The molecule has 8 heteroatoms. The third kappa shape index (κ3) is 4.00. The Labute approximate surface area is 155 Å². The molecule has 1 aliphatic rings. The first kappa shape index (κ1) is 17.8. The van der Waals surface area contributed by atoms with E-state index in [9.17, 15) is 4.39 Å². The molecule has 0 aromatic carbocycles. The first-order chi connectivity index (χ1) is 12.0. The number of nitrogens with zero attached hydrogens (tertiary/aromatic N) is 6. The summed E-state index contributed by atoms with van der Waals surface area (Å²) in [6.45, 7) is 1.52. The average Bonchev–Trinajstić information content (AvgIpc) is 2.61. The SMILES string of the molecule is CN(C)c1cc(N(C)C2CCCN(c3ncc(Br)cc3F)C2)ncn1. The van der Waals surface area contributed by atoms with Crippen molar-refractivity contribution < 1.29 is 4.39 Å². The zero-order valence-electron chi connectivity index (χ0n) is 14.7. The first-order valence-corrected chi connectivity index (χ1v) is 9.03. The summed E-state index contributed by atoms with van der Waals surface area (Å²) in [6, 6.07) is 3.67. The Morgan fingerprint density at radius 3 is 2.64 bits per heavy atom. The van der Waals surface area contributed by atoms with Crippen molar-refractivity contribution in [2.75, 3.05) is 48.9 Å². The van der Waals surface area contributed by atoms with E-state index >= 15 is 0 Å². The van der Waals surface area contributed by atoms with E-state index < -0.39 is 0 Å². The van der Waals surface area contributed by atoms with Crippen LogP contribution in [0.25, 0.3) is 0 Å². The van der Waals surface area contributed by atoms with Gasteiger partial charge in [-0.05, 0) is 34.8 Å². The molecule has 1 unspecified atom stereocenters. The minimum atomic E-state index is -0.297. The maximum atomic E-state index is 14.3. The van der Waals surface area contributed by atoms with Crippen molar-refractivity contribution in [2.45, 2.75) is 18.9 Å². The molecule has 2 aromatic heterocycles. The predicted octanol–water partition coefficient (Wildman–Crippen LogP) is 2.94. The quantitative estimate of drug-likeness (QED) is 0.774. The van der Waals surface area contributed by atoms with Crippen LogP contribution in [0.3, 0.4) is 0 Å². The summed E-state index contributed by atoms with van der Waals surface area (Å²) in [5.41, 5.74) is 0. The Bertz CT molecular complexity index is 741. The molecule has 3 rings (SSSR count). The van der Waals surface area contributed by atoms with E-state index in [2.05, 4.69) is 35.8 Å². The van der Waals surface area contributed by atoms with Crippen LogP contribution in [0.5, 0.6) is 0 Å². The van der Waals surface area contributed by atoms with Gasteiger partial charge >= 0.3 is 0 Å². The van der Waals surface area contributed by atoms with Crippen LogP contribution in [-0.2, 0) is 0 Å². The van der Waals surface area contributed by atoms with Gasteiger partial charge < -0.3 is 14.7 Å². The summed E-state index contributed by atoms with van der Waals surface area (Å²) >= 11 is 3.26. The van der Waals surface area contributed by atoms with Crippen molar-refractivity contribution in [3.05, 3.63) is 34.9 Å². The normalized spacial score (nSPS) is 17.5. The Kier molecular flexibility index (Phi) is 5.36. The molecule has 0 aliphatic carbocycles. The molecule has 0 amide bonds. The van der Waals surface area contributed by atoms with Gasteiger partial charge in [-0.2, -0.15) is 0 Å². The lowest BCUT2D eigenvalue weighted by molar-refractivity contribution is 0.475. The van der Waals surface area contributed by atoms with Crippen LogP contribution in [0.15, 0.2) is 29.1 Å². The second kappa shape index (κ2) is 7.51. The van der Waals surface area contributed by atoms with Gasteiger partial charge in [-0.15, -0.1) is 0 Å². The number of likely N-dealkylation sites (N-methyl/N-ethyl adjacent to an activating group) is 1. The topological polar surface area (TPSA) is 48.4 Å². The number of piperidine rings is 1. The maximum absolute atomic E-state index is 14.3. The smallest absolute Gasteiger partial charge is 0.166 e. The largest absolute Gasteiger partial charge is 0.363 e. The zero-order valence-corrected chi connectivity index (χ0v) is 16.2. The van der Waals surface area contributed by atoms with Crippen LogP contribution >= 0.6 is 15.9 Å². The fourth-order valence-corrected chi connectivity index (χ4v) is 3.37. The molecule has 6 nitrogen and oxygen atoms in total. The summed E-state index contributed by atoms with van der Waals surface area (Å²) in [6.07, 6.45) is 5.24. The highest BCUT2D eigenvalue weighted by atomic mass is 79.9. The number of rotatable bonds is 4. The van der Waals surface area contributed by atoms with Gasteiger partial charge in [0.1, 0.15) is 18.0 Å². The molecule has 0 spiro atoms. The summed E-state index contributed by atoms with van der Waals surface area (Å²) in [5.74, 6) is 1.85. The molecule has 1 aliphatic heterocycles. The summed E-state index contributed by atoms with van der Waals surface area (Å²) in [5, 5.41) is 0.